The van der Waals surface area contributed by atoms with Crippen molar-refractivity contribution in [2.75, 3.05) is 17.8 Å². The lowest BCUT2D eigenvalue weighted by Crippen LogP contribution is -2.41. The molecule has 0 radical (unpaired) electrons. The zero-order valence-electron chi connectivity index (χ0n) is 14.0. The first-order chi connectivity index (χ1) is 11.9. The van der Waals surface area contributed by atoms with Gasteiger partial charge >= 0.3 is 0 Å². The first-order valence-corrected chi connectivity index (χ1v) is 9.56. The Morgan fingerprint density at radius 1 is 1.08 bits per heavy atom. The Labute approximate surface area is 147 Å². The minimum atomic E-state index is -3.28. The van der Waals surface area contributed by atoms with E-state index in [2.05, 4.69) is 0 Å². The van der Waals surface area contributed by atoms with E-state index in [9.17, 15) is 13.2 Å². The molecule has 25 heavy (non-hydrogen) atoms. The molecule has 2 aromatic carbocycles. The molecule has 1 heterocycles. The van der Waals surface area contributed by atoms with Gasteiger partial charge in [0.2, 0.25) is 0 Å². The van der Waals surface area contributed by atoms with E-state index in [-0.39, 0.29) is 11.7 Å². The van der Waals surface area contributed by atoms with E-state index in [4.69, 9.17) is 4.74 Å². The van der Waals surface area contributed by atoms with Crippen LogP contribution in [0.4, 0.5) is 5.69 Å². The third-order valence-corrected chi connectivity index (χ3v) is 5.49. The number of sulfone groups is 1. The Morgan fingerprint density at radius 3 is 2.24 bits per heavy atom. The van der Waals surface area contributed by atoms with E-state index < -0.39 is 15.9 Å². The summed E-state index contributed by atoms with van der Waals surface area (Å²) in [6.45, 7) is 1.96. The van der Waals surface area contributed by atoms with Crippen LogP contribution in [0.2, 0.25) is 0 Å². The molecule has 1 atom stereocenters. The summed E-state index contributed by atoms with van der Waals surface area (Å²) in [5, 5.41) is 1.18. The lowest BCUT2D eigenvalue weighted by atomic mass is 10.1. The van der Waals surface area contributed by atoms with Gasteiger partial charge in [-0.15, -0.1) is 0 Å². The van der Waals surface area contributed by atoms with Crippen molar-refractivity contribution in [3.63, 3.8) is 0 Å². The summed E-state index contributed by atoms with van der Waals surface area (Å²) in [7, 11) is -1.72. The predicted octanol–water partition coefficient (Wildman–Crippen LogP) is 2.96. The summed E-state index contributed by atoms with van der Waals surface area (Å²) in [5.41, 5.74) is 2.20. The van der Waals surface area contributed by atoms with Crippen LogP contribution in [-0.2, 0) is 9.84 Å². The number of hydrogen-bond acceptors (Lipinski definition) is 4. The van der Waals surface area contributed by atoms with Gasteiger partial charge in [-0.3, -0.25) is 4.79 Å². The number of hydrogen-bond donors (Lipinski definition) is 0. The van der Waals surface area contributed by atoms with Gasteiger partial charge in [-0.25, -0.2) is 8.42 Å². The number of aryl methyl sites for hydroxylation is 1. The van der Waals surface area contributed by atoms with Gasteiger partial charge < -0.3 is 9.64 Å². The summed E-state index contributed by atoms with van der Waals surface area (Å²) < 4.78 is 28.8. The maximum atomic E-state index is 13.1. The van der Waals surface area contributed by atoms with Gasteiger partial charge in [0.1, 0.15) is 5.75 Å². The second-order valence-electron chi connectivity index (χ2n) is 5.96. The molecule has 6 heteroatoms. The van der Waals surface area contributed by atoms with Crippen LogP contribution in [0.3, 0.4) is 0 Å². The van der Waals surface area contributed by atoms with Crippen molar-refractivity contribution in [3.05, 3.63) is 71.1 Å². The first-order valence-electron chi connectivity index (χ1n) is 7.85. The van der Waals surface area contributed by atoms with Crippen LogP contribution in [0.25, 0.3) is 0 Å². The smallest absolute Gasteiger partial charge is 0.258 e. The molecule has 0 spiro atoms. The quantitative estimate of drug-likeness (QED) is 0.844. The number of carbonyl (C=O) groups is 1. The fraction of sp³-hybridized carbons (Fsp3) is 0.211. The predicted molar refractivity (Wildman–Crippen MR) is 97.7 cm³/mol. The van der Waals surface area contributed by atoms with E-state index in [1.807, 2.05) is 31.2 Å². The molecule has 0 unspecified atom stereocenters. The molecule has 130 valence electrons. The largest absolute Gasteiger partial charge is 0.497 e. The Kier molecular flexibility index (Phi) is 4.63. The molecule has 0 N–H and O–H groups in total. The second kappa shape index (κ2) is 6.72. The summed E-state index contributed by atoms with van der Waals surface area (Å²) in [6.07, 6.45) is 1.57. The number of nitrogens with zero attached hydrogens (tertiary/aromatic N) is 1. The average Bonchev–Trinajstić information content (AvgIpc) is 2.96. The number of benzene rings is 2. The molecule has 3 rings (SSSR count). The Balaban J connectivity index is 1.99. The van der Waals surface area contributed by atoms with Crippen molar-refractivity contribution in [1.82, 2.24) is 0 Å². The molecule has 5 nitrogen and oxygen atoms in total. The van der Waals surface area contributed by atoms with Gasteiger partial charge in [0.25, 0.3) is 5.91 Å². The topological polar surface area (TPSA) is 63.7 Å². The molecule has 0 aromatic heterocycles. The number of ether oxygens (including phenoxy) is 1. The summed E-state index contributed by atoms with van der Waals surface area (Å²) >= 11 is 0. The normalized spacial score (nSPS) is 18.1. The van der Waals surface area contributed by atoms with Crippen LogP contribution < -0.4 is 9.64 Å². The number of methoxy groups -OCH3 is 1. The van der Waals surface area contributed by atoms with Gasteiger partial charge in [-0.05, 0) is 49.4 Å². The van der Waals surface area contributed by atoms with Gasteiger partial charge in [0, 0.05) is 16.7 Å². The zero-order valence-corrected chi connectivity index (χ0v) is 14.9. The molecule has 1 aliphatic heterocycles. The van der Waals surface area contributed by atoms with Crippen molar-refractivity contribution < 1.29 is 17.9 Å². The molecular formula is C19H19NO4S. The summed E-state index contributed by atoms with van der Waals surface area (Å²) in [6, 6.07) is 13.7. The van der Waals surface area contributed by atoms with E-state index >= 15 is 0 Å². The molecule has 2 aromatic rings. The molecular weight excluding hydrogens is 338 g/mol. The van der Waals surface area contributed by atoms with Crippen LogP contribution in [0.1, 0.15) is 15.9 Å². The molecule has 1 aliphatic rings. The maximum absolute atomic E-state index is 13.1. The highest BCUT2D eigenvalue weighted by Gasteiger charge is 2.32. The highest BCUT2D eigenvalue weighted by atomic mass is 32.2. The molecule has 0 aliphatic carbocycles. The Morgan fingerprint density at radius 2 is 1.72 bits per heavy atom. The van der Waals surface area contributed by atoms with Crippen molar-refractivity contribution >= 4 is 21.4 Å². The molecule has 1 amide bonds. The van der Waals surface area contributed by atoms with Gasteiger partial charge in [0.05, 0.1) is 18.9 Å². The van der Waals surface area contributed by atoms with Crippen molar-refractivity contribution in [3.8, 4) is 5.75 Å². The minimum absolute atomic E-state index is 0.108. The first kappa shape index (κ1) is 17.2. The fourth-order valence-electron chi connectivity index (χ4n) is 2.76. The van der Waals surface area contributed by atoms with Gasteiger partial charge in [-0.2, -0.15) is 0 Å². The fourth-order valence-corrected chi connectivity index (χ4v) is 4.03. The number of rotatable bonds is 4. The van der Waals surface area contributed by atoms with Crippen molar-refractivity contribution in [2.24, 2.45) is 0 Å². The second-order valence-corrected chi connectivity index (χ2v) is 7.90. The lowest BCUT2D eigenvalue weighted by Gasteiger charge is -2.28. The number of amides is 1. The van der Waals surface area contributed by atoms with Crippen LogP contribution in [0, 0.1) is 6.92 Å². The van der Waals surface area contributed by atoms with E-state index in [0.717, 1.165) is 5.56 Å². The minimum Gasteiger partial charge on any atom is -0.497 e. The summed E-state index contributed by atoms with van der Waals surface area (Å²) in [4.78, 5) is 14.6. The Bertz CT molecular complexity index is 899. The third-order valence-electron chi connectivity index (χ3n) is 4.11. The molecule has 0 saturated carbocycles. The Hall–Kier alpha value is -2.60. The molecule has 0 bridgehead atoms. The SMILES string of the molecule is COc1ccc(C(=O)N(c2ccc(C)cc2)[C@H]2C=CS(=O)(=O)C2)cc1. The third kappa shape index (κ3) is 3.74. The highest BCUT2D eigenvalue weighted by molar-refractivity contribution is 7.94. The highest BCUT2D eigenvalue weighted by Crippen LogP contribution is 2.26. The van der Waals surface area contributed by atoms with Crippen LogP contribution in [-0.4, -0.2) is 33.2 Å². The lowest BCUT2D eigenvalue weighted by molar-refractivity contribution is 0.0983. The van der Waals surface area contributed by atoms with Gasteiger partial charge in [0.15, 0.2) is 9.84 Å². The van der Waals surface area contributed by atoms with Gasteiger partial charge in [-0.1, -0.05) is 17.7 Å². The molecule has 0 saturated heterocycles. The molecule has 0 fully saturated rings. The zero-order chi connectivity index (χ0) is 18.0. The van der Waals surface area contributed by atoms with E-state index in [0.29, 0.717) is 17.0 Å². The van der Waals surface area contributed by atoms with Crippen molar-refractivity contribution in [2.45, 2.75) is 13.0 Å². The van der Waals surface area contributed by atoms with Crippen molar-refractivity contribution in [1.29, 1.82) is 0 Å². The summed E-state index contributed by atoms with van der Waals surface area (Å²) in [5.74, 6) is 0.294. The standard InChI is InChI=1S/C19H19NO4S/c1-14-3-7-16(8-4-14)20(17-11-12-25(22,23)13-17)19(21)15-5-9-18(24-2)10-6-15/h3-12,17H,13H2,1-2H3/t17-/m0/s1. The average molecular weight is 357 g/mol. The van der Waals surface area contributed by atoms with E-state index in [1.165, 1.54) is 10.3 Å². The van der Waals surface area contributed by atoms with Crippen LogP contribution >= 0.6 is 0 Å². The number of carbonyl (C=O) groups excluding carboxylic acids is 1. The monoisotopic (exact) mass is 357 g/mol. The van der Waals surface area contributed by atoms with E-state index in [1.54, 1.807) is 37.5 Å². The maximum Gasteiger partial charge on any atom is 0.258 e. The van der Waals surface area contributed by atoms with Crippen LogP contribution in [0.5, 0.6) is 5.75 Å². The number of anilines is 1. The van der Waals surface area contributed by atoms with Crippen LogP contribution in [0.15, 0.2) is 60.0 Å².